The molecule has 124 valence electrons. The van der Waals surface area contributed by atoms with Crippen LogP contribution in [-0.2, 0) is 11.2 Å². The normalized spacial score (nSPS) is 11.1. The van der Waals surface area contributed by atoms with Crippen molar-refractivity contribution in [1.29, 1.82) is 0 Å². The topological polar surface area (TPSA) is 73.6 Å². The van der Waals surface area contributed by atoms with E-state index >= 15 is 0 Å². The van der Waals surface area contributed by atoms with Gasteiger partial charge in [-0.3, -0.25) is 4.79 Å². The molecule has 0 bridgehead atoms. The Labute approximate surface area is 133 Å². The predicted octanol–water partition coefficient (Wildman–Crippen LogP) is 2.13. The summed E-state index contributed by atoms with van der Waals surface area (Å²) in [5.74, 6) is 1.56. The Hall–Kier alpha value is -1.75. The van der Waals surface area contributed by atoms with Crippen molar-refractivity contribution in [3.05, 3.63) is 23.8 Å². The van der Waals surface area contributed by atoms with E-state index in [1.54, 1.807) is 14.2 Å². The number of methoxy groups -OCH3 is 2. The van der Waals surface area contributed by atoms with Gasteiger partial charge in [-0.1, -0.05) is 19.9 Å². The number of hydrogen-bond donors (Lipinski definition) is 2. The lowest BCUT2D eigenvalue weighted by atomic mass is 9.81. The van der Waals surface area contributed by atoms with Crippen LogP contribution in [0.25, 0.3) is 0 Å². The first kappa shape index (κ1) is 18.3. The lowest BCUT2D eigenvalue weighted by Crippen LogP contribution is -2.45. The summed E-state index contributed by atoms with van der Waals surface area (Å²) in [6.07, 6.45) is 2.20. The maximum absolute atomic E-state index is 12.4. The van der Waals surface area contributed by atoms with Gasteiger partial charge < -0.3 is 20.5 Å². The Morgan fingerprint density at radius 3 is 2.41 bits per heavy atom. The first-order valence-corrected chi connectivity index (χ1v) is 7.76. The molecule has 0 heterocycles. The van der Waals surface area contributed by atoms with Gasteiger partial charge in [-0.05, 0) is 30.9 Å². The van der Waals surface area contributed by atoms with Gasteiger partial charge >= 0.3 is 0 Å². The van der Waals surface area contributed by atoms with Gasteiger partial charge in [-0.2, -0.15) is 0 Å². The maximum Gasteiger partial charge on any atom is 0.227 e. The van der Waals surface area contributed by atoms with Gasteiger partial charge in [-0.25, -0.2) is 0 Å². The van der Waals surface area contributed by atoms with Crippen molar-refractivity contribution in [2.24, 2.45) is 11.1 Å². The lowest BCUT2D eigenvalue weighted by Gasteiger charge is -2.28. The molecule has 1 aromatic rings. The summed E-state index contributed by atoms with van der Waals surface area (Å²) < 4.78 is 10.5. The third-order valence-electron chi connectivity index (χ3n) is 4.40. The zero-order valence-electron chi connectivity index (χ0n) is 14.1. The standard InChI is InChI=1S/C17H28N2O3/c1-5-17(6-2,12-18)16(20)19-10-9-13-7-8-14(21-3)11-15(13)22-4/h7-8,11H,5-6,9-10,12,18H2,1-4H3,(H,19,20). The molecular formula is C17H28N2O3. The Morgan fingerprint density at radius 1 is 1.23 bits per heavy atom. The van der Waals surface area contributed by atoms with Crippen LogP contribution in [0, 0.1) is 5.41 Å². The van der Waals surface area contributed by atoms with Crippen LogP contribution in [0.3, 0.4) is 0 Å². The average Bonchev–Trinajstić information content (AvgIpc) is 2.57. The molecule has 0 aliphatic heterocycles. The van der Waals surface area contributed by atoms with Crippen LogP contribution < -0.4 is 20.5 Å². The smallest absolute Gasteiger partial charge is 0.227 e. The van der Waals surface area contributed by atoms with Gasteiger partial charge in [0.2, 0.25) is 5.91 Å². The highest BCUT2D eigenvalue weighted by Gasteiger charge is 2.32. The number of nitrogens with one attached hydrogen (secondary N) is 1. The van der Waals surface area contributed by atoms with E-state index in [1.165, 1.54) is 0 Å². The molecule has 0 saturated heterocycles. The quantitative estimate of drug-likeness (QED) is 0.733. The second-order valence-electron chi connectivity index (χ2n) is 5.38. The van der Waals surface area contributed by atoms with E-state index in [0.717, 1.165) is 29.9 Å². The molecule has 5 heteroatoms. The van der Waals surface area contributed by atoms with Crippen molar-refractivity contribution >= 4 is 5.91 Å². The minimum atomic E-state index is -0.454. The largest absolute Gasteiger partial charge is 0.497 e. The molecule has 0 unspecified atom stereocenters. The molecule has 0 aromatic heterocycles. The zero-order valence-corrected chi connectivity index (χ0v) is 14.1. The molecule has 0 aliphatic rings. The average molecular weight is 308 g/mol. The van der Waals surface area contributed by atoms with Crippen molar-refractivity contribution in [3.63, 3.8) is 0 Å². The summed E-state index contributed by atoms with van der Waals surface area (Å²) in [7, 11) is 3.25. The summed E-state index contributed by atoms with van der Waals surface area (Å²) in [5.41, 5.74) is 6.38. The third-order valence-corrected chi connectivity index (χ3v) is 4.40. The lowest BCUT2D eigenvalue weighted by molar-refractivity contribution is -0.131. The Morgan fingerprint density at radius 2 is 1.91 bits per heavy atom. The summed E-state index contributed by atoms with van der Waals surface area (Å²) in [6, 6.07) is 5.70. The van der Waals surface area contributed by atoms with E-state index < -0.39 is 5.41 Å². The molecule has 0 aliphatic carbocycles. The van der Waals surface area contributed by atoms with Gasteiger partial charge in [-0.15, -0.1) is 0 Å². The van der Waals surface area contributed by atoms with Crippen LogP contribution in [0.1, 0.15) is 32.3 Å². The highest BCUT2D eigenvalue weighted by molar-refractivity contribution is 5.82. The Balaban J connectivity index is 2.66. The fourth-order valence-corrected chi connectivity index (χ4v) is 2.51. The minimum Gasteiger partial charge on any atom is -0.497 e. The van der Waals surface area contributed by atoms with Crippen LogP contribution in [0.15, 0.2) is 18.2 Å². The Bertz CT molecular complexity index is 477. The molecule has 0 atom stereocenters. The number of carbonyl (C=O) groups excluding carboxylic acids is 1. The van der Waals surface area contributed by atoms with Crippen molar-refractivity contribution in [1.82, 2.24) is 5.32 Å². The molecular weight excluding hydrogens is 280 g/mol. The van der Waals surface area contributed by atoms with Crippen molar-refractivity contribution < 1.29 is 14.3 Å². The summed E-state index contributed by atoms with van der Waals surface area (Å²) >= 11 is 0. The van der Waals surface area contributed by atoms with E-state index in [0.29, 0.717) is 19.5 Å². The number of hydrogen-bond acceptors (Lipinski definition) is 4. The second kappa shape index (κ2) is 8.63. The van der Waals surface area contributed by atoms with Gasteiger partial charge in [0.15, 0.2) is 0 Å². The number of rotatable bonds is 9. The van der Waals surface area contributed by atoms with Crippen LogP contribution in [0.2, 0.25) is 0 Å². The van der Waals surface area contributed by atoms with Crippen LogP contribution >= 0.6 is 0 Å². The number of benzene rings is 1. The molecule has 0 fully saturated rings. The van der Waals surface area contributed by atoms with Gasteiger partial charge in [0.1, 0.15) is 11.5 Å². The summed E-state index contributed by atoms with van der Waals surface area (Å²) in [5, 5.41) is 3.00. The monoisotopic (exact) mass is 308 g/mol. The summed E-state index contributed by atoms with van der Waals surface area (Å²) in [6.45, 7) is 4.94. The molecule has 0 spiro atoms. The SMILES string of the molecule is CCC(CC)(CN)C(=O)NCCc1ccc(OC)cc1OC. The van der Waals surface area contributed by atoms with Crippen molar-refractivity contribution in [2.75, 3.05) is 27.3 Å². The van der Waals surface area contributed by atoms with E-state index in [1.807, 2.05) is 32.0 Å². The van der Waals surface area contributed by atoms with E-state index in [4.69, 9.17) is 15.2 Å². The number of carbonyl (C=O) groups is 1. The number of amides is 1. The van der Waals surface area contributed by atoms with Crippen LogP contribution in [0.4, 0.5) is 0 Å². The van der Waals surface area contributed by atoms with Crippen LogP contribution in [-0.4, -0.2) is 33.2 Å². The molecule has 5 nitrogen and oxygen atoms in total. The Kier molecular flexibility index (Phi) is 7.18. The molecule has 1 aromatic carbocycles. The first-order chi connectivity index (χ1) is 10.6. The van der Waals surface area contributed by atoms with Crippen molar-refractivity contribution in [3.8, 4) is 11.5 Å². The fourth-order valence-electron chi connectivity index (χ4n) is 2.51. The first-order valence-electron chi connectivity index (χ1n) is 7.76. The maximum atomic E-state index is 12.4. The molecule has 3 N–H and O–H groups in total. The number of ether oxygens (including phenoxy) is 2. The van der Waals surface area contributed by atoms with E-state index in [-0.39, 0.29) is 5.91 Å². The zero-order chi connectivity index (χ0) is 16.6. The van der Waals surface area contributed by atoms with Gasteiger partial charge in [0.25, 0.3) is 0 Å². The summed E-state index contributed by atoms with van der Waals surface area (Å²) in [4.78, 5) is 12.4. The fraction of sp³-hybridized carbons (Fsp3) is 0.588. The minimum absolute atomic E-state index is 0.0347. The van der Waals surface area contributed by atoms with Gasteiger partial charge in [0, 0.05) is 19.2 Å². The molecule has 1 amide bonds. The van der Waals surface area contributed by atoms with Crippen molar-refractivity contribution in [2.45, 2.75) is 33.1 Å². The molecule has 22 heavy (non-hydrogen) atoms. The molecule has 0 radical (unpaired) electrons. The number of nitrogens with two attached hydrogens (primary N) is 1. The van der Waals surface area contributed by atoms with E-state index in [9.17, 15) is 4.79 Å². The van der Waals surface area contributed by atoms with Gasteiger partial charge in [0.05, 0.1) is 19.6 Å². The van der Waals surface area contributed by atoms with E-state index in [2.05, 4.69) is 5.32 Å². The highest BCUT2D eigenvalue weighted by Crippen LogP contribution is 2.26. The third kappa shape index (κ3) is 4.13. The molecule has 1 rings (SSSR count). The van der Waals surface area contributed by atoms with Crippen LogP contribution in [0.5, 0.6) is 11.5 Å². The predicted molar refractivity (Wildman–Crippen MR) is 88.3 cm³/mol. The second-order valence-corrected chi connectivity index (χ2v) is 5.38. The highest BCUT2D eigenvalue weighted by atomic mass is 16.5. The molecule has 0 saturated carbocycles.